The van der Waals surface area contributed by atoms with E-state index in [2.05, 4.69) is 0 Å². The lowest BCUT2D eigenvalue weighted by Gasteiger charge is -2.36. The molecule has 21 heavy (non-hydrogen) atoms. The molecule has 9 heteroatoms. The van der Waals surface area contributed by atoms with Gasteiger partial charge >= 0.3 is 0 Å². The number of nitrogens with two attached hydrogens (primary N) is 2. The van der Waals surface area contributed by atoms with Gasteiger partial charge in [-0.1, -0.05) is 6.92 Å². The zero-order valence-corrected chi connectivity index (χ0v) is 12.4. The summed E-state index contributed by atoms with van der Waals surface area (Å²) in [6.07, 6.45) is 0.861. The number of hydrogen-bond acceptors (Lipinski definition) is 6. The van der Waals surface area contributed by atoms with E-state index in [0.717, 1.165) is 12.5 Å². The number of piperidine rings is 1. The molecule has 1 saturated heterocycles. The van der Waals surface area contributed by atoms with Crippen LogP contribution in [0.15, 0.2) is 23.1 Å². The van der Waals surface area contributed by atoms with Crippen molar-refractivity contribution in [2.75, 3.05) is 18.0 Å². The average Bonchev–Trinajstić information content (AvgIpc) is 2.35. The number of primary sulfonamides is 1. The van der Waals surface area contributed by atoms with Crippen molar-refractivity contribution in [2.45, 2.75) is 24.3 Å². The van der Waals surface area contributed by atoms with Gasteiger partial charge in [-0.3, -0.25) is 10.1 Å². The molecular formula is C12H18N4O4S. The summed E-state index contributed by atoms with van der Waals surface area (Å²) in [5.41, 5.74) is 6.05. The zero-order chi connectivity index (χ0) is 15.8. The average molecular weight is 314 g/mol. The largest absolute Gasteiger partial charge is 0.364 e. The molecule has 2 rings (SSSR count). The van der Waals surface area contributed by atoms with Crippen LogP contribution in [-0.2, 0) is 10.0 Å². The van der Waals surface area contributed by atoms with Crippen LogP contribution in [0.3, 0.4) is 0 Å². The van der Waals surface area contributed by atoms with E-state index in [1.54, 1.807) is 0 Å². The Bertz CT molecular complexity index is 651. The first-order chi connectivity index (χ1) is 9.68. The quantitative estimate of drug-likeness (QED) is 0.613. The molecule has 0 radical (unpaired) electrons. The van der Waals surface area contributed by atoms with Crippen LogP contribution in [0, 0.1) is 16.0 Å². The summed E-state index contributed by atoms with van der Waals surface area (Å²) < 4.78 is 22.6. The van der Waals surface area contributed by atoms with Crippen molar-refractivity contribution in [2.24, 2.45) is 16.8 Å². The molecule has 0 bridgehead atoms. The number of sulfonamides is 1. The maximum Gasteiger partial charge on any atom is 0.293 e. The van der Waals surface area contributed by atoms with Gasteiger partial charge in [0.05, 0.1) is 9.82 Å². The molecule has 1 aliphatic rings. The fraction of sp³-hybridized carbons (Fsp3) is 0.500. The molecule has 0 amide bonds. The topological polar surface area (TPSA) is 133 Å². The Balaban J connectivity index is 2.46. The number of nitro benzene ring substituents is 1. The first-order valence-electron chi connectivity index (χ1n) is 6.50. The summed E-state index contributed by atoms with van der Waals surface area (Å²) >= 11 is 0. The Morgan fingerprint density at radius 2 is 2.05 bits per heavy atom. The maximum absolute atomic E-state index is 11.3. The molecule has 8 nitrogen and oxygen atoms in total. The van der Waals surface area contributed by atoms with Crippen LogP contribution in [0.1, 0.15) is 13.3 Å². The predicted octanol–water partition coefficient (Wildman–Crippen LogP) is 0.416. The molecule has 2 atom stereocenters. The molecule has 0 saturated carbocycles. The van der Waals surface area contributed by atoms with Gasteiger partial charge in [0, 0.05) is 25.2 Å². The number of rotatable bonds is 3. The monoisotopic (exact) mass is 314 g/mol. The zero-order valence-electron chi connectivity index (χ0n) is 11.6. The van der Waals surface area contributed by atoms with Crippen molar-refractivity contribution in [3.05, 3.63) is 28.3 Å². The van der Waals surface area contributed by atoms with Crippen LogP contribution < -0.4 is 15.8 Å². The molecule has 0 aliphatic carbocycles. The van der Waals surface area contributed by atoms with E-state index < -0.39 is 14.9 Å². The summed E-state index contributed by atoms with van der Waals surface area (Å²) in [4.78, 5) is 12.2. The highest BCUT2D eigenvalue weighted by atomic mass is 32.2. The van der Waals surface area contributed by atoms with E-state index in [0.29, 0.717) is 24.7 Å². The Labute approximate surface area is 122 Å². The second kappa shape index (κ2) is 5.58. The first-order valence-corrected chi connectivity index (χ1v) is 8.05. The number of anilines is 1. The highest BCUT2D eigenvalue weighted by molar-refractivity contribution is 7.89. The fourth-order valence-electron chi connectivity index (χ4n) is 2.69. The third-order valence-electron chi connectivity index (χ3n) is 3.50. The smallest absolute Gasteiger partial charge is 0.293 e. The molecular weight excluding hydrogens is 296 g/mol. The predicted molar refractivity (Wildman–Crippen MR) is 78.4 cm³/mol. The number of benzene rings is 1. The van der Waals surface area contributed by atoms with Crippen LogP contribution in [-0.4, -0.2) is 32.5 Å². The van der Waals surface area contributed by atoms with Crippen molar-refractivity contribution < 1.29 is 13.3 Å². The van der Waals surface area contributed by atoms with Gasteiger partial charge in [-0.15, -0.1) is 0 Å². The molecule has 2 unspecified atom stereocenters. The van der Waals surface area contributed by atoms with E-state index >= 15 is 0 Å². The van der Waals surface area contributed by atoms with Gasteiger partial charge in [0.1, 0.15) is 5.69 Å². The van der Waals surface area contributed by atoms with E-state index in [1.807, 2.05) is 11.8 Å². The highest BCUT2D eigenvalue weighted by Gasteiger charge is 2.28. The molecule has 1 aromatic rings. The summed E-state index contributed by atoms with van der Waals surface area (Å²) in [6.45, 7) is 3.17. The maximum atomic E-state index is 11.3. The van der Waals surface area contributed by atoms with Gasteiger partial charge in [-0.2, -0.15) is 0 Å². The van der Waals surface area contributed by atoms with Crippen molar-refractivity contribution in [3.63, 3.8) is 0 Å². The molecule has 1 aliphatic heterocycles. The number of nitro groups is 1. The van der Waals surface area contributed by atoms with E-state index in [-0.39, 0.29) is 16.6 Å². The Morgan fingerprint density at radius 1 is 1.38 bits per heavy atom. The second-order valence-corrected chi connectivity index (χ2v) is 7.02. The van der Waals surface area contributed by atoms with Crippen molar-refractivity contribution >= 4 is 21.4 Å². The number of hydrogen-bond donors (Lipinski definition) is 2. The molecule has 4 N–H and O–H groups in total. The molecule has 0 spiro atoms. The van der Waals surface area contributed by atoms with Crippen molar-refractivity contribution in [1.82, 2.24) is 0 Å². The van der Waals surface area contributed by atoms with Gasteiger partial charge in [0.15, 0.2) is 0 Å². The van der Waals surface area contributed by atoms with Crippen LogP contribution >= 0.6 is 0 Å². The standard InChI is InChI=1S/C12H18N4O4S/c1-8-4-9(13)7-15(6-8)11-3-2-10(21(14,19)20)5-12(11)16(17)18/h2-3,5,8-9H,4,6-7,13H2,1H3,(H2,14,19,20). The summed E-state index contributed by atoms with van der Waals surface area (Å²) in [7, 11) is -3.98. The van der Waals surface area contributed by atoms with Crippen molar-refractivity contribution in [1.29, 1.82) is 0 Å². The lowest BCUT2D eigenvalue weighted by molar-refractivity contribution is -0.384. The molecule has 1 heterocycles. The molecule has 116 valence electrons. The lowest BCUT2D eigenvalue weighted by atomic mass is 9.96. The summed E-state index contributed by atoms with van der Waals surface area (Å²) in [5.74, 6) is 0.311. The lowest BCUT2D eigenvalue weighted by Crippen LogP contribution is -2.46. The minimum atomic E-state index is -3.98. The van der Waals surface area contributed by atoms with Gasteiger partial charge in [-0.25, -0.2) is 13.6 Å². The second-order valence-electron chi connectivity index (χ2n) is 5.46. The minimum absolute atomic E-state index is 0.0636. The SMILES string of the molecule is CC1CC(N)CN(c2ccc(S(N)(=O)=O)cc2[N+](=O)[O-])C1. The van der Waals surface area contributed by atoms with Gasteiger partial charge in [0.2, 0.25) is 10.0 Å². The van der Waals surface area contributed by atoms with Gasteiger partial charge < -0.3 is 10.6 Å². The summed E-state index contributed by atoms with van der Waals surface area (Å²) in [5, 5.41) is 16.2. The van der Waals surface area contributed by atoms with Crippen LogP contribution in [0.25, 0.3) is 0 Å². The first kappa shape index (κ1) is 15.7. The normalized spacial score (nSPS) is 23.1. The third kappa shape index (κ3) is 3.49. The van der Waals surface area contributed by atoms with Crippen LogP contribution in [0.4, 0.5) is 11.4 Å². The fourth-order valence-corrected chi connectivity index (χ4v) is 3.22. The highest BCUT2D eigenvalue weighted by Crippen LogP contribution is 2.33. The number of nitrogens with zero attached hydrogens (tertiary/aromatic N) is 2. The van der Waals surface area contributed by atoms with Crippen molar-refractivity contribution in [3.8, 4) is 0 Å². The Kier molecular flexibility index (Phi) is 4.17. The third-order valence-corrected chi connectivity index (χ3v) is 4.42. The Hall–Kier alpha value is -1.71. The van der Waals surface area contributed by atoms with E-state index in [1.165, 1.54) is 12.1 Å². The molecule has 1 aromatic carbocycles. The summed E-state index contributed by atoms with van der Waals surface area (Å²) in [6, 6.07) is 3.63. The van der Waals surface area contributed by atoms with E-state index in [4.69, 9.17) is 10.9 Å². The Morgan fingerprint density at radius 3 is 2.57 bits per heavy atom. The molecule has 1 fully saturated rings. The van der Waals surface area contributed by atoms with Gasteiger partial charge in [-0.05, 0) is 24.5 Å². The molecule has 0 aromatic heterocycles. The van der Waals surface area contributed by atoms with E-state index in [9.17, 15) is 18.5 Å². The minimum Gasteiger partial charge on any atom is -0.364 e. The van der Waals surface area contributed by atoms with Crippen LogP contribution in [0.5, 0.6) is 0 Å². The van der Waals surface area contributed by atoms with Gasteiger partial charge in [0.25, 0.3) is 5.69 Å². The van der Waals surface area contributed by atoms with Crippen LogP contribution in [0.2, 0.25) is 0 Å².